The molecular formula is C24H18N6. The molecule has 0 aliphatic carbocycles. The van der Waals surface area contributed by atoms with Gasteiger partial charge in [-0.2, -0.15) is 10.2 Å². The maximum absolute atomic E-state index is 4.14. The number of fused-ring (bicyclic) bond motifs is 3. The summed E-state index contributed by atoms with van der Waals surface area (Å²) in [4.78, 5) is 16.2. The first-order valence-corrected chi connectivity index (χ1v) is 9.35. The quantitative estimate of drug-likeness (QED) is 0.367. The number of nitrogens with zero attached hydrogens (tertiary/aromatic N) is 6. The predicted octanol–water partition coefficient (Wildman–Crippen LogP) is 4.89. The molecule has 0 saturated heterocycles. The molecule has 30 heavy (non-hydrogen) atoms. The van der Waals surface area contributed by atoms with E-state index in [9.17, 15) is 0 Å². The molecule has 0 spiro atoms. The minimum absolute atomic E-state index is 0.949. The molecule has 5 heterocycles. The van der Waals surface area contributed by atoms with Crippen LogP contribution in [0.4, 0.5) is 0 Å². The van der Waals surface area contributed by atoms with Gasteiger partial charge in [-0.15, -0.1) is 0 Å². The SMILES string of the molecule is c1ccc2cnncc2c1.c1cnc2ccncc2c1.c1cnc2cnccc2c1. The second-order valence-electron chi connectivity index (χ2n) is 6.26. The van der Waals surface area contributed by atoms with E-state index in [1.807, 2.05) is 66.9 Å². The van der Waals surface area contributed by atoms with Crippen LogP contribution in [0.5, 0.6) is 0 Å². The van der Waals surface area contributed by atoms with Gasteiger partial charge in [0, 0.05) is 52.5 Å². The Morgan fingerprint density at radius 3 is 1.70 bits per heavy atom. The van der Waals surface area contributed by atoms with Gasteiger partial charge in [-0.05, 0) is 30.3 Å². The maximum Gasteiger partial charge on any atom is 0.0885 e. The summed E-state index contributed by atoms with van der Waals surface area (Å²) in [5.41, 5.74) is 1.95. The number of hydrogen-bond acceptors (Lipinski definition) is 6. The van der Waals surface area contributed by atoms with Gasteiger partial charge in [-0.25, -0.2) is 0 Å². The topological polar surface area (TPSA) is 77.3 Å². The Hall–Kier alpha value is -4.32. The summed E-state index contributed by atoms with van der Waals surface area (Å²) in [6, 6.07) is 19.7. The van der Waals surface area contributed by atoms with Gasteiger partial charge in [0.1, 0.15) is 0 Å². The summed E-state index contributed by atoms with van der Waals surface area (Å²) in [6.45, 7) is 0. The molecule has 0 bridgehead atoms. The van der Waals surface area contributed by atoms with Crippen LogP contribution < -0.4 is 0 Å². The number of hydrogen-bond donors (Lipinski definition) is 0. The lowest BCUT2D eigenvalue weighted by Crippen LogP contribution is -1.77. The molecule has 6 heteroatoms. The highest BCUT2D eigenvalue weighted by atomic mass is 15.1. The Bertz CT molecular complexity index is 1000. The van der Waals surface area contributed by atoms with Crippen LogP contribution in [0.3, 0.4) is 0 Å². The first-order chi connectivity index (χ1) is 14.9. The lowest BCUT2D eigenvalue weighted by molar-refractivity contribution is 1.05. The standard InChI is InChI=1S/3C8H6N2/c1-2-7-6-9-5-3-8(7)10-4-1;1-2-7-3-5-9-6-8(7)10-4-1;1-2-4-8-6-10-9-5-7(8)3-1/h3*1-6H. The minimum Gasteiger partial charge on any atom is -0.264 e. The van der Waals surface area contributed by atoms with Gasteiger partial charge in [-0.3, -0.25) is 19.9 Å². The molecule has 0 aliphatic rings. The zero-order valence-corrected chi connectivity index (χ0v) is 16.1. The fourth-order valence-corrected chi connectivity index (χ4v) is 2.77. The number of pyridine rings is 4. The summed E-state index contributed by atoms with van der Waals surface area (Å²) < 4.78 is 0. The van der Waals surface area contributed by atoms with E-state index in [4.69, 9.17) is 0 Å². The van der Waals surface area contributed by atoms with Crippen molar-refractivity contribution in [2.45, 2.75) is 0 Å². The van der Waals surface area contributed by atoms with Gasteiger partial charge >= 0.3 is 0 Å². The van der Waals surface area contributed by atoms with Crippen molar-refractivity contribution in [3.05, 3.63) is 110 Å². The molecule has 6 nitrogen and oxygen atoms in total. The van der Waals surface area contributed by atoms with Crippen LogP contribution in [0, 0.1) is 0 Å². The molecule has 0 amide bonds. The van der Waals surface area contributed by atoms with Crippen LogP contribution >= 0.6 is 0 Å². The van der Waals surface area contributed by atoms with Crippen LogP contribution in [-0.4, -0.2) is 30.1 Å². The van der Waals surface area contributed by atoms with Crippen molar-refractivity contribution in [2.24, 2.45) is 0 Å². The summed E-state index contributed by atoms with van der Waals surface area (Å²) in [5, 5.41) is 12.0. The zero-order valence-electron chi connectivity index (χ0n) is 16.1. The molecular weight excluding hydrogens is 372 g/mol. The Balaban J connectivity index is 0.000000109. The van der Waals surface area contributed by atoms with Gasteiger partial charge in [0.05, 0.1) is 29.6 Å². The normalized spacial score (nSPS) is 10.0. The molecule has 0 unspecified atom stereocenters. The molecule has 144 valence electrons. The highest BCUT2D eigenvalue weighted by molar-refractivity contribution is 5.80. The lowest BCUT2D eigenvalue weighted by Gasteiger charge is -1.90. The van der Waals surface area contributed by atoms with Crippen LogP contribution in [0.1, 0.15) is 0 Å². The van der Waals surface area contributed by atoms with E-state index in [1.165, 1.54) is 0 Å². The number of rotatable bonds is 0. The van der Waals surface area contributed by atoms with Gasteiger partial charge in [0.2, 0.25) is 0 Å². The summed E-state index contributed by atoms with van der Waals surface area (Å²) in [7, 11) is 0. The smallest absolute Gasteiger partial charge is 0.0885 e. The van der Waals surface area contributed by atoms with Crippen LogP contribution in [0.25, 0.3) is 32.6 Å². The molecule has 0 saturated carbocycles. The first-order valence-electron chi connectivity index (χ1n) is 9.35. The average Bonchev–Trinajstić information content (AvgIpc) is 2.85. The van der Waals surface area contributed by atoms with Gasteiger partial charge in [0.25, 0.3) is 0 Å². The van der Waals surface area contributed by atoms with Crippen molar-refractivity contribution >= 4 is 32.6 Å². The summed E-state index contributed by atoms with van der Waals surface area (Å²) in [6.07, 6.45) is 14.1. The molecule has 0 aliphatic heterocycles. The number of aromatic nitrogens is 6. The van der Waals surface area contributed by atoms with E-state index in [0.717, 1.165) is 32.6 Å². The fraction of sp³-hybridized carbons (Fsp3) is 0. The molecule has 6 rings (SSSR count). The molecule has 1 aromatic carbocycles. The summed E-state index contributed by atoms with van der Waals surface area (Å²) >= 11 is 0. The monoisotopic (exact) mass is 390 g/mol. The fourth-order valence-electron chi connectivity index (χ4n) is 2.77. The molecule has 0 radical (unpaired) electrons. The lowest BCUT2D eigenvalue weighted by atomic mass is 10.2. The van der Waals surface area contributed by atoms with E-state index in [2.05, 4.69) is 30.1 Å². The zero-order chi connectivity index (χ0) is 20.4. The maximum atomic E-state index is 4.14. The summed E-state index contributed by atoms with van der Waals surface area (Å²) in [5.74, 6) is 0. The highest BCUT2D eigenvalue weighted by Crippen LogP contribution is 2.08. The van der Waals surface area contributed by atoms with E-state index >= 15 is 0 Å². The number of benzene rings is 1. The van der Waals surface area contributed by atoms with Crippen LogP contribution in [0.15, 0.2) is 110 Å². The predicted molar refractivity (Wildman–Crippen MR) is 119 cm³/mol. The third kappa shape index (κ3) is 4.94. The van der Waals surface area contributed by atoms with E-state index in [1.54, 1.807) is 43.4 Å². The first kappa shape index (κ1) is 19.0. The largest absolute Gasteiger partial charge is 0.264 e. The van der Waals surface area contributed by atoms with Gasteiger partial charge in [0.15, 0.2) is 0 Å². The van der Waals surface area contributed by atoms with Crippen molar-refractivity contribution in [3.8, 4) is 0 Å². The van der Waals surface area contributed by atoms with Crippen molar-refractivity contribution in [1.29, 1.82) is 0 Å². The Morgan fingerprint density at radius 2 is 1.00 bits per heavy atom. The molecule has 0 N–H and O–H groups in total. The molecule has 0 atom stereocenters. The molecule has 6 aromatic rings. The third-order valence-electron chi connectivity index (χ3n) is 4.27. The van der Waals surface area contributed by atoms with Gasteiger partial charge in [-0.1, -0.05) is 30.3 Å². The third-order valence-corrected chi connectivity index (χ3v) is 4.27. The van der Waals surface area contributed by atoms with Crippen molar-refractivity contribution in [2.75, 3.05) is 0 Å². The van der Waals surface area contributed by atoms with Gasteiger partial charge < -0.3 is 0 Å². The second-order valence-corrected chi connectivity index (χ2v) is 6.26. The Morgan fingerprint density at radius 1 is 0.400 bits per heavy atom. The average molecular weight is 390 g/mol. The minimum atomic E-state index is 0.949. The van der Waals surface area contributed by atoms with Crippen molar-refractivity contribution in [3.63, 3.8) is 0 Å². The Kier molecular flexibility index (Phi) is 6.18. The van der Waals surface area contributed by atoms with Crippen LogP contribution in [-0.2, 0) is 0 Å². The van der Waals surface area contributed by atoms with Crippen molar-refractivity contribution < 1.29 is 0 Å². The van der Waals surface area contributed by atoms with Crippen molar-refractivity contribution in [1.82, 2.24) is 30.1 Å². The second kappa shape index (κ2) is 9.75. The Labute approximate surface area is 173 Å². The van der Waals surface area contributed by atoms with E-state index < -0.39 is 0 Å². The van der Waals surface area contributed by atoms with Crippen LogP contribution in [0.2, 0.25) is 0 Å². The highest BCUT2D eigenvalue weighted by Gasteiger charge is 1.89. The van der Waals surface area contributed by atoms with E-state index in [0.29, 0.717) is 0 Å². The molecule has 5 aromatic heterocycles. The molecule has 0 fully saturated rings. The van der Waals surface area contributed by atoms with E-state index in [-0.39, 0.29) is 0 Å².